The van der Waals surface area contributed by atoms with E-state index in [9.17, 15) is 9.59 Å². The number of amidine groups is 1. The van der Waals surface area contributed by atoms with Gasteiger partial charge in [0.15, 0.2) is 6.10 Å². The van der Waals surface area contributed by atoms with Gasteiger partial charge in [-0.2, -0.15) is 0 Å². The van der Waals surface area contributed by atoms with Gasteiger partial charge in [0.25, 0.3) is 0 Å². The zero-order valence-corrected chi connectivity index (χ0v) is 22.5. The van der Waals surface area contributed by atoms with Crippen molar-refractivity contribution in [2.75, 3.05) is 32.6 Å². The number of fused-ring (bicyclic) bond motifs is 1. The minimum absolute atomic E-state index is 0.00308. The van der Waals surface area contributed by atoms with Crippen molar-refractivity contribution in [3.05, 3.63) is 94.9 Å². The number of thiophene rings is 1. The third-order valence-corrected chi connectivity index (χ3v) is 7.15. The molecule has 0 aliphatic rings. The predicted octanol–water partition coefficient (Wildman–Crippen LogP) is 5.79. The molecule has 2 amide bonds. The molecule has 9 nitrogen and oxygen atoms in total. The molecular formula is C29H30N4O5S. The first-order valence-corrected chi connectivity index (χ1v) is 13.1. The van der Waals surface area contributed by atoms with E-state index in [0.717, 1.165) is 21.2 Å². The number of carbonyl (C=O) groups is 2. The molecule has 1 unspecified atom stereocenters. The molecule has 0 bridgehead atoms. The van der Waals surface area contributed by atoms with Crippen LogP contribution in [0, 0.1) is 5.41 Å². The smallest absolute Gasteiger partial charge is 0.411 e. The zero-order valence-electron chi connectivity index (χ0n) is 21.7. The van der Waals surface area contributed by atoms with Crippen molar-refractivity contribution >= 4 is 45.1 Å². The van der Waals surface area contributed by atoms with Crippen molar-refractivity contribution in [1.29, 1.82) is 5.41 Å². The number of nitrogens with one attached hydrogen (secondary N) is 2. The molecule has 0 saturated heterocycles. The Hall–Kier alpha value is -4.57. The number of ether oxygens (including phenoxy) is 3. The Morgan fingerprint density at radius 3 is 2.49 bits per heavy atom. The van der Waals surface area contributed by atoms with Crippen LogP contribution < -0.4 is 15.8 Å². The third kappa shape index (κ3) is 7.26. The summed E-state index contributed by atoms with van der Waals surface area (Å²) in [5.74, 6) is 0.617. The number of amides is 2. The predicted molar refractivity (Wildman–Crippen MR) is 153 cm³/mol. The van der Waals surface area contributed by atoms with Crippen LogP contribution in [-0.2, 0) is 15.9 Å². The van der Waals surface area contributed by atoms with Gasteiger partial charge in [-0.1, -0.05) is 48.5 Å². The number of hydrogen-bond donors (Lipinski definition) is 3. The van der Waals surface area contributed by atoms with E-state index in [2.05, 4.69) is 5.32 Å². The Morgan fingerprint density at radius 1 is 1.05 bits per heavy atom. The first-order chi connectivity index (χ1) is 18.8. The van der Waals surface area contributed by atoms with Crippen molar-refractivity contribution in [3.8, 4) is 5.75 Å². The molecule has 10 heteroatoms. The highest BCUT2D eigenvalue weighted by Gasteiger charge is 2.19. The van der Waals surface area contributed by atoms with Crippen LogP contribution in [0.4, 0.5) is 15.3 Å². The summed E-state index contributed by atoms with van der Waals surface area (Å²) >= 11 is 1.42. The lowest BCUT2D eigenvalue weighted by atomic mass is 10.1. The number of rotatable bonds is 10. The molecule has 1 aromatic heterocycles. The van der Waals surface area contributed by atoms with Gasteiger partial charge in [0.05, 0.1) is 12.0 Å². The summed E-state index contributed by atoms with van der Waals surface area (Å²) in [6.07, 6.45) is -0.902. The second-order valence-electron chi connectivity index (χ2n) is 8.77. The summed E-state index contributed by atoms with van der Waals surface area (Å²) in [6, 6.07) is 24.4. The van der Waals surface area contributed by atoms with Crippen molar-refractivity contribution in [2.24, 2.45) is 5.73 Å². The monoisotopic (exact) mass is 546 g/mol. The number of likely N-dealkylation sites (N-methyl/N-ethyl adjacent to an activating group) is 1. The van der Waals surface area contributed by atoms with Crippen LogP contribution in [0.1, 0.15) is 22.1 Å². The molecule has 0 aliphatic carbocycles. The fraction of sp³-hybridized carbons (Fsp3) is 0.207. The van der Waals surface area contributed by atoms with E-state index in [4.69, 9.17) is 25.4 Å². The Morgan fingerprint density at radius 2 is 1.79 bits per heavy atom. The van der Waals surface area contributed by atoms with Gasteiger partial charge in [-0.05, 0) is 47.9 Å². The second-order valence-corrected chi connectivity index (χ2v) is 9.86. The van der Waals surface area contributed by atoms with Gasteiger partial charge in [-0.15, -0.1) is 11.3 Å². The maximum absolute atomic E-state index is 12.6. The largest absolute Gasteiger partial charge is 0.481 e. The molecule has 39 heavy (non-hydrogen) atoms. The number of benzene rings is 3. The summed E-state index contributed by atoms with van der Waals surface area (Å²) < 4.78 is 17.5. The lowest BCUT2D eigenvalue weighted by molar-refractivity contribution is 0.0910. The standard InChI is InChI=1S/C29H30N4O5S/c1-33(29(35)36-2)16-15-19-11-13-21(14-12-19)32-28(34)37-18-24(20-7-4-3-5-8-20)38-23-9-6-10-25-22(23)17-26(39-25)27(30)31/h3-14,17,24H,15-16,18H2,1-2H3,(H3,30,31)(H,32,34). The van der Waals surface area contributed by atoms with E-state index < -0.39 is 12.2 Å². The van der Waals surface area contributed by atoms with Gasteiger partial charge in [0.2, 0.25) is 0 Å². The van der Waals surface area contributed by atoms with E-state index in [0.29, 0.717) is 29.3 Å². The molecule has 4 N–H and O–H groups in total. The molecule has 4 rings (SSSR count). The van der Waals surface area contributed by atoms with Crippen molar-refractivity contribution < 1.29 is 23.8 Å². The molecular weight excluding hydrogens is 516 g/mol. The number of carbonyl (C=O) groups excluding carboxylic acids is 2. The highest BCUT2D eigenvalue weighted by molar-refractivity contribution is 7.20. The summed E-state index contributed by atoms with van der Waals surface area (Å²) in [5.41, 5.74) is 8.13. The summed E-state index contributed by atoms with van der Waals surface area (Å²) in [6.45, 7) is 0.491. The van der Waals surface area contributed by atoms with Gasteiger partial charge < -0.3 is 24.8 Å². The third-order valence-electron chi connectivity index (χ3n) is 6.02. The maximum atomic E-state index is 12.6. The van der Waals surface area contributed by atoms with E-state index >= 15 is 0 Å². The first kappa shape index (κ1) is 27.5. The lowest BCUT2D eigenvalue weighted by Gasteiger charge is -2.20. The molecule has 0 fully saturated rings. The molecule has 1 heterocycles. The number of anilines is 1. The molecule has 1 atom stereocenters. The summed E-state index contributed by atoms with van der Waals surface area (Å²) in [7, 11) is 3.02. The fourth-order valence-corrected chi connectivity index (χ4v) is 4.83. The van der Waals surface area contributed by atoms with Gasteiger partial charge in [0.1, 0.15) is 18.2 Å². The van der Waals surface area contributed by atoms with Crippen molar-refractivity contribution in [2.45, 2.75) is 12.5 Å². The summed E-state index contributed by atoms with van der Waals surface area (Å²) in [4.78, 5) is 26.3. The van der Waals surface area contributed by atoms with Crippen LogP contribution in [0.15, 0.2) is 78.9 Å². The van der Waals surface area contributed by atoms with Crippen LogP contribution >= 0.6 is 11.3 Å². The minimum atomic E-state index is -0.606. The van der Waals surface area contributed by atoms with Crippen LogP contribution in [0.5, 0.6) is 5.75 Å². The molecule has 0 spiro atoms. The SMILES string of the molecule is COC(=O)N(C)CCc1ccc(NC(=O)OCC(Oc2cccc3sc(C(=N)N)cc23)c2ccccc2)cc1. The number of methoxy groups -OCH3 is 1. The highest BCUT2D eigenvalue weighted by Crippen LogP contribution is 2.35. The second kappa shape index (κ2) is 12.8. The van der Waals surface area contributed by atoms with E-state index in [1.807, 2.05) is 66.7 Å². The van der Waals surface area contributed by atoms with Crippen LogP contribution in [0.25, 0.3) is 10.1 Å². The van der Waals surface area contributed by atoms with Crippen molar-refractivity contribution in [3.63, 3.8) is 0 Å². The molecule has 202 valence electrons. The number of nitrogens with zero attached hydrogens (tertiary/aromatic N) is 1. The normalized spacial score (nSPS) is 11.4. The van der Waals surface area contributed by atoms with Gasteiger partial charge >= 0.3 is 12.2 Å². The highest BCUT2D eigenvalue weighted by atomic mass is 32.1. The molecule has 3 aromatic carbocycles. The first-order valence-electron chi connectivity index (χ1n) is 12.2. The average molecular weight is 547 g/mol. The zero-order chi connectivity index (χ0) is 27.8. The van der Waals surface area contributed by atoms with Gasteiger partial charge in [-0.25, -0.2) is 9.59 Å². The average Bonchev–Trinajstić information content (AvgIpc) is 3.40. The molecule has 0 radical (unpaired) electrons. The molecule has 0 aliphatic heterocycles. The van der Waals surface area contributed by atoms with E-state index in [1.165, 1.54) is 23.3 Å². The van der Waals surface area contributed by atoms with Crippen LogP contribution in [-0.4, -0.2) is 50.2 Å². The Kier molecular flexibility index (Phi) is 9.01. The Bertz CT molecular complexity index is 1440. The van der Waals surface area contributed by atoms with Gasteiger partial charge in [-0.3, -0.25) is 10.7 Å². The topological polar surface area (TPSA) is 127 Å². The fourth-order valence-electron chi connectivity index (χ4n) is 3.89. The number of hydrogen-bond acceptors (Lipinski definition) is 7. The quantitative estimate of drug-likeness (QED) is 0.171. The van der Waals surface area contributed by atoms with Gasteiger partial charge in [0, 0.05) is 29.4 Å². The number of nitrogen functional groups attached to an aromatic ring is 1. The molecule has 4 aromatic rings. The Balaban J connectivity index is 1.39. The van der Waals surface area contributed by atoms with Crippen LogP contribution in [0.3, 0.4) is 0 Å². The Labute approximate surface area is 230 Å². The summed E-state index contributed by atoms with van der Waals surface area (Å²) in [5, 5.41) is 11.3. The van der Waals surface area contributed by atoms with Crippen molar-refractivity contribution in [1.82, 2.24) is 4.90 Å². The number of nitrogens with two attached hydrogens (primary N) is 1. The molecule has 0 saturated carbocycles. The van der Waals surface area contributed by atoms with E-state index in [1.54, 1.807) is 19.2 Å². The minimum Gasteiger partial charge on any atom is -0.481 e. The van der Waals surface area contributed by atoms with E-state index in [-0.39, 0.29) is 18.5 Å². The lowest BCUT2D eigenvalue weighted by Crippen LogP contribution is -2.28. The van der Waals surface area contributed by atoms with Crippen LogP contribution in [0.2, 0.25) is 0 Å². The maximum Gasteiger partial charge on any atom is 0.411 e.